The van der Waals surface area contributed by atoms with Crippen LogP contribution in [-0.2, 0) is 4.79 Å². The smallest absolute Gasteiger partial charge is 0.280 e. The quantitative estimate of drug-likeness (QED) is 0.254. The minimum atomic E-state index is -2.83. The number of halogens is 2. The van der Waals surface area contributed by atoms with Crippen molar-refractivity contribution in [3.05, 3.63) is 35.8 Å². The molecule has 2 aromatic rings. The van der Waals surface area contributed by atoms with E-state index in [0.29, 0.717) is 24.0 Å². The molecular weight excluding hydrogens is 562 g/mol. The Hall–Kier alpha value is -3.72. The molecule has 2 amide bonds. The molecule has 2 aromatic heterocycles. The fraction of sp³-hybridized carbons (Fsp3) is 0.500. The number of amidine groups is 1. The van der Waals surface area contributed by atoms with Crippen molar-refractivity contribution in [1.29, 1.82) is 0 Å². The Balaban J connectivity index is 0.00000116. The number of pyridine rings is 2. The number of ether oxygens (including phenoxy) is 1. The van der Waals surface area contributed by atoms with Crippen LogP contribution in [0, 0.1) is 17.8 Å². The van der Waals surface area contributed by atoms with E-state index >= 15 is 0 Å². The lowest BCUT2D eigenvalue weighted by atomic mass is 10.00. The second kappa shape index (κ2) is 18.0. The van der Waals surface area contributed by atoms with Gasteiger partial charge in [0, 0.05) is 29.8 Å². The molecule has 1 atom stereocenters. The van der Waals surface area contributed by atoms with Crippen LogP contribution in [0.5, 0.6) is 5.75 Å². The predicted octanol–water partition coefficient (Wildman–Crippen LogP) is 6.37. The SMILES string of the molecule is CC.CCC.CCCCN(C=O)c1cc(-c2cc(C(F)F)ncc2OC)c(C(=O)NC2=NNC(C#CC3CC3)S2)cn1. The molecule has 0 saturated heterocycles. The minimum absolute atomic E-state index is 0.0885. The highest BCUT2D eigenvalue weighted by Crippen LogP contribution is 2.36. The number of nitrogens with one attached hydrogen (secondary N) is 2. The van der Waals surface area contributed by atoms with E-state index in [1.54, 1.807) is 0 Å². The van der Waals surface area contributed by atoms with E-state index < -0.39 is 18.0 Å². The van der Waals surface area contributed by atoms with Gasteiger partial charge in [-0.15, -0.1) is 0 Å². The van der Waals surface area contributed by atoms with Gasteiger partial charge in [0.2, 0.25) is 6.41 Å². The average Bonchev–Trinajstić information content (AvgIpc) is 3.74. The highest BCUT2D eigenvalue weighted by atomic mass is 32.2. The average molecular weight is 603 g/mol. The first kappa shape index (κ1) is 34.5. The van der Waals surface area contributed by atoms with Gasteiger partial charge in [-0.05, 0) is 43.2 Å². The van der Waals surface area contributed by atoms with Gasteiger partial charge < -0.3 is 4.74 Å². The Morgan fingerprint density at radius 1 is 1.19 bits per heavy atom. The van der Waals surface area contributed by atoms with Crippen molar-refractivity contribution in [2.45, 2.75) is 78.5 Å². The van der Waals surface area contributed by atoms with Crippen molar-refractivity contribution in [1.82, 2.24) is 20.7 Å². The van der Waals surface area contributed by atoms with E-state index in [1.807, 2.05) is 20.8 Å². The number of hydrogen-bond acceptors (Lipinski definition) is 8. The van der Waals surface area contributed by atoms with E-state index in [-0.39, 0.29) is 33.6 Å². The van der Waals surface area contributed by atoms with E-state index in [1.165, 1.54) is 54.7 Å². The highest BCUT2D eigenvalue weighted by molar-refractivity contribution is 8.14. The molecule has 1 aliphatic carbocycles. The van der Waals surface area contributed by atoms with E-state index in [9.17, 15) is 18.4 Å². The van der Waals surface area contributed by atoms with Crippen molar-refractivity contribution < 1.29 is 23.1 Å². The molecule has 1 fully saturated rings. The van der Waals surface area contributed by atoms with Gasteiger partial charge in [0.1, 0.15) is 17.3 Å². The molecule has 4 rings (SSSR count). The number of carbonyl (C=O) groups is 2. The summed E-state index contributed by atoms with van der Waals surface area (Å²) in [5.41, 5.74) is 2.96. The molecule has 12 heteroatoms. The fourth-order valence-electron chi connectivity index (χ4n) is 3.49. The number of carbonyl (C=O) groups excluding carboxylic acids is 2. The number of thioether (sulfide) groups is 1. The lowest BCUT2D eigenvalue weighted by Crippen LogP contribution is -2.29. The number of hydrazone groups is 1. The number of unbranched alkanes of at least 4 members (excludes halogenated alkanes) is 1. The van der Waals surface area contributed by atoms with Gasteiger partial charge in [-0.1, -0.05) is 59.3 Å². The molecule has 1 aliphatic heterocycles. The van der Waals surface area contributed by atoms with Gasteiger partial charge in [-0.2, -0.15) is 5.10 Å². The van der Waals surface area contributed by atoms with Crippen LogP contribution in [0.25, 0.3) is 11.1 Å². The number of anilines is 1. The predicted molar refractivity (Wildman–Crippen MR) is 165 cm³/mol. The van der Waals surface area contributed by atoms with E-state index in [2.05, 4.69) is 51.5 Å². The van der Waals surface area contributed by atoms with Crippen LogP contribution in [0.3, 0.4) is 0 Å². The number of hydrogen-bond donors (Lipinski definition) is 2. The third-order valence-electron chi connectivity index (χ3n) is 5.66. The standard InChI is InChI=1S/C25H26F2N6O3S.C3H8.C2H6/c1-3-4-9-33(14-34)21-11-16(17-10-19(23(26)27)28-13-20(17)36-2)18(12-29-21)24(35)30-25-32-31-22(37-25)8-7-15-5-6-15;1-3-2;1-2/h10-15,22-23,31H,3-6,9H2,1-2H3,(H,30,32,35);3H2,1-2H3;1-2H3. The molecule has 0 bridgehead atoms. The molecule has 1 unspecified atom stereocenters. The van der Waals surface area contributed by atoms with Crippen molar-refractivity contribution in [3.63, 3.8) is 0 Å². The van der Waals surface area contributed by atoms with Crippen LogP contribution < -0.4 is 20.4 Å². The maximum Gasteiger partial charge on any atom is 0.280 e. The summed E-state index contributed by atoms with van der Waals surface area (Å²) in [5.74, 6) is 6.59. The molecule has 0 radical (unpaired) electrons. The van der Waals surface area contributed by atoms with Crippen LogP contribution in [-0.4, -0.2) is 46.5 Å². The maximum absolute atomic E-state index is 13.5. The number of amides is 2. The molecule has 0 spiro atoms. The molecule has 2 N–H and O–H groups in total. The second-order valence-corrected chi connectivity index (χ2v) is 10.2. The van der Waals surface area contributed by atoms with Gasteiger partial charge >= 0.3 is 0 Å². The van der Waals surface area contributed by atoms with Gasteiger partial charge in [0.15, 0.2) is 10.5 Å². The van der Waals surface area contributed by atoms with Crippen LogP contribution in [0.1, 0.15) is 89.2 Å². The Bertz CT molecular complexity index is 1280. The zero-order valence-corrected chi connectivity index (χ0v) is 25.9. The van der Waals surface area contributed by atoms with Crippen molar-refractivity contribution >= 4 is 35.1 Å². The number of nitrogens with zero attached hydrogens (tertiary/aromatic N) is 4. The second-order valence-electron chi connectivity index (χ2n) is 9.12. The first-order chi connectivity index (χ1) is 20.3. The Morgan fingerprint density at radius 2 is 1.90 bits per heavy atom. The lowest BCUT2D eigenvalue weighted by molar-refractivity contribution is -0.107. The molecular formula is C30H40F2N6O3S. The molecule has 9 nitrogen and oxygen atoms in total. The largest absolute Gasteiger partial charge is 0.494 e. The monoisotopic (exact) mass is 602 g/mol. The van der Waals surface area contributed by atoms with Gasteiger partial charge in [0.05, 0.1) is 18.9 Å². The third kappa shape index (κ3) is 9.98. The molecule has 228 valence electrons. The molecule has 1 saturated carbocycles. The number of aromatic nitrogens is 2. The summed E-state index contributed by atoms with van der Waals surface area (Å²) >= 11 is 1.26. The summed E-state index contributed by atoms with van der Waals surface area (Å²) in [7, 11) is 1.38. The van der Waals surface area contributed by atoms with Crippen molar-refractivity contribution in [2.24, 2.45) is 11.0 Å². The van der Waals surface area contributed by atoms with Gasteiger partial charge in [-0.3, -0.25) is 30.2 Å². The third-order valence-corrected chi connectivity index (χ3v) is 6.54. The Kier molecular flexibility index (Phi) is 14.7. The van der Waals surface area contributed by atoms with Crippen molar-refractivity contribution in [3.8, 4) is 28.7 Å². The summed E-state index contributed by atoms with van der Waals surface area (Å²) in [6, 6.07) is 2.68. The Morgan fingerprint density at radius 3 is 2.50 bits per heavy atom. The van der Waals surface area contributed by atoms with E-state index in [0.717, 1.165) is 25.7 Å². The molecule has 42 heavy (non-hydrogen) atoms. The highest BCUT2D eigenvalue weighted by Gasteiger charge is 2.25. The fourth-order valence-corrected chi connectivity index (χ4v) is 4.21. The molecule has 0 aromatic carbocycles. The van der Waals surface area contributed by atoms with Crippen LogP contribution >= 0.6 is 11.8 Å². The lowest BCUT2D eigenvalue weighted by Gasteiger charge is -2.19. The zero-order chi connectivity index (χ0) is 31.1. The zero-order valence-electron chi connectivity index (χ0n) is 25.0. The summed E-state index contributed by atoms with van der Waals surface area (Å²) in [5, 5.41) is 6.91. The Labute approximate surface area is 251 Å². The molecule has 3 heterocycles. The topological polar surface area (TPSA) is 109 Å². The summed E-state index contributed by atoms with van der Waals surface area (Å²) in [4.78, 5) is 34.5. The van der Waals surface area contributed by atoms with Gasteiger partial charge in [-0.25, -0.2) is 13.8 Å². The first-order valence-electron chi connectivity index (χ1n) is 14.2. The van der Waals surface area contributed by atoms with Crippen LogP contribution in [0.2, 0.25) is 0 Å². The number of rotatable bonds is 9. The first-order valence-corrected chi connectivity index (χ1v) is 15.1. The number of alkyl halides is 2. The maximum atomic E-state index is 13.5. The normalized spacial score (nSPS) is 15.0. The van der Waals surface area contributed by atoms with Crippen LogP contribution in [0.4, 0.5) is 14.6 Å². The minimum Gasteiger partial charge on any atom is -0.494 e. The van der Waals surface area contributed by atoms with Gasteiger partial charge in [0.25, 0.3) is 12.3 Å². The number of methoxy groups -OCH3 is 1. The summed E-state index contributed by atoms with van der Waals surface area (Å²) in [6.07, 6.45) is 5.35. The summed E-state index contributed by atoms with van der Waals surface area (Å²) < 4.78 is 32.4. The van der Waals surface area contributed by atoms with Crippen LogP contribution in [0.15, 0.2) is 29.6 Å². The molecule has 2 aliphatic rings. The van der Waals surface area contributed by atoms with Crippen molar-refractivity contribution in [2.75, 3.05) is 18.6 Å². The summed E-state index contributed by atoms with van der Waals surface area (Å²) in [6.45, 7) is 10.7. The van der Waals surface area contributed by atoms with E-state index in [4.69, 9.17) is 4.74 Å².